The third-order valence-electron chi connectivity index (χ3n) is 5.46. The maximum Gasteiger partial charge on any atom is 0.431 e. The SMILES string of the molecule is CN(C(=O)Oc1cc(-n2c(=O)cc(C(F)(F)F)n(C)c2=O)c(F)cc1Cl)C1CCCCC1. The molecule has 0 unspecified atom stereocenters. The minimum atomic E-state index is -4.96. The first-order valence-electron chi connectivity index (χ1n) is 9.76. The fourth-order valence-corrected chi connectivity index (χ4v) is 3.86. The Morgan fingerprint density at radius 3 is 2.38 bits per heavy atom. The third kappa shape index (κ3) is 4.67. The fourth-order valence-electron chi connectivity index (χ4n) is 3.67. The van der Waals surface area contributed by atoms with Crippen LogP contribution in [0.15, 0.2) is 27.8 Å². The van der Waals surface area contributed by atoms with Crippen LogP contribution in [-0.4, -0.2) is 33.2 Å². The van der Waals surface area contributed by atoms with Gasteiger partial charge in [0.25, 0.3) is 5.56 Å². The number of benzene rings is 1. The van der Waals surface area contributed by atoms with Crippen LogP contribution in [0, 0.1) is 5.82 Å². The highest BCUT2D eigenvalue weighted by molar-refractivity contribution is 6.32. The first kappa shape index (κ1) is 23.8. The normalized spacial score (nSPS) is 15.0. The summed E-state index contributed by atoms with van der Waals surface area (Å²) in [7, 11) is 2.35. The molecule has 1 aromatic heterocycles. The predicted octanol–water partition coefficient (Wildman–Crippen LogP) is 4.11. The van der Waals surface area contributed by atoms with Gasteiger partial charge in [-0.3, -0.25) is 9.36 Å². The number of nitrogens with zero attached hydrogens (tertiary/aromatic N) is 3. The maximum atomic E-state index is 14.6. The lowest BCUT2D eigenvalue weighted by molar-refractivity contribution is -0.144. The highest BCUT2D eigenvalue weighted by Crippen LogP contribution is 2.31. The van der Waals surface area contributed by atoms with Crippen molar-refractivity contribution in [1.82, 2.24) is 14.0 Å². The highest BCUT2D eigenvalue weighted by atomic mass is 35.5. The quantitative estimate of drug-likeness (QED) is 0.624. The minimum absolute atomic E-state index is 0.0419. The number of carbonyl (C=O) groups excluding carboxylic acids is 1. The van der Waals surface area contributed by atoms with E-state index in [-0.39, 0.29) is 32.0 Å². The monoisotopic (exact) mass is 477 g/mol. The Labute approximate surface area is 184 Å². The van der Waals surface area contributed by atoms with Crippen LogP contribution in [0.2, 0.25) is 5.02 Å². The van der Waals surface area contributed by atoms with Crippen LogP contribution in [0.25, 0.3) is 5.69 Å². The molecule has 1 heterocycles. The van der Waals surface area contributed by atoms with Crippen LogP contribution in [0.1, 0.15) is 37.8 Å². The van der Waals surface area contributed by atoms with Crippen LogP contribution in [0.3, 0.4) is 0 Å². The van der Waals surface area contributed by atoms with E-state index in [2.05, 4.69) is 0 Å². The van der Waals surface area contributed by atoms with E-state index in [1.54, 1.807) is 7.05 Å². The van der Waals surface area contributed by atoms with Gasteiger partial charge in [-0.2, -0.15) is 13.2 Å². The van der Waals surface area contributed by atoms with Crippen LogP contribution >= 0.6 is 11.6 Å². The first-order valence-corrected chi connectivity index (χ1v) is 10.1. The largest absolute Gasteiger partial charge is 0.431 e. The molecule has 0 atom stereocenters. The van der Waals surface area contributed by atoms with Crippen LogP contribution in [-0.2, 0) is 13.2 Å². The number of rotatable bonds is 3. The molecule has 0 N–H and O–H groups in total. The average molecular weight is 478 g/mol. The van der Waals surface area contributed by atoms with Gasteiger partial charge in [0, 0.05) is 32.3 Å². The summed E-state index contributed by atoms with van der Waals surface area (Å²) in [5.74, 6) is -1.50. The molecule has 0 spiro atoms. The Morgan fingerprint density at radius 2 is 1.78 bits per heavy atom. The molecule has 174 valence electrons. The Hall–Kier alpha value is -2.82. The topological polar surface area (TPSA) is 73.5 Å². The zero-order valence-electron chi connectivity index (χ0n) is 17.2. The summed E-state index contributed by atoms with van der Waals surface area (Å²) in [4.78, 5) is 38.7. The van der Waals surface area contributed by atoms with Gasteiger partial charge >= 0.3 is 18.0 Å². The molecule has 1 aromatic carbocycles. The van der Waals surface area contributed by atoms with Crippen molar-refractivity contribution in [2.75, 3.05) is 7.05 Å². The number of ether oxygens (including phenoxy) is 1. The molecule has 0 aliphatic heterocycles. The predicted molar refractivity (Wildman–Crippen MR) is 108 cm³/mol. The molecule has 1 aliphatic carbocycles. The zero-order chi connectivity index (χ0) is 23.8. The molecule has 0 radical (unpaired) electrons. The van der Waals surface area contributed by atoms with Crippen LogP contribution < -0.4 is 16.0 Å². The van der Waals surface area contributed by atoms with E-state index in [1.807, 2.05) is 0 Å². The van der Waals surface area contributed by atoms with Gasteiger partial charge in [-0.1, -0.05) is 30.9 Å². The van der Waals surface area contributed by atoms with Crippen molar-refractivity contribution < 1.29 is 27.1 Å². The molecule has 1 amide bonds. The fraction of sp³-hybridized carbons (Fsp3) is 0.450. The second-order valence-corrected chi connectivity index (χ2v) is 7.95. The summed E-state index contributed by atoms with van der Waals surface area (Å²) >= 11 is 5.96. The number of alkyl halides is 3. The second-order valence-electron chi connectivity index (χ2n) is 7.55. The van der Waals surface area contributed by atoms with E-state index in [0.29, 0.717) is 6.07 Å². The Kier molecular flexibility index (Phi) is 6.68. The van der Waals surface area contributed by atoms with E-state index in [0.717, 1.165) is 45.2 Å². The van der Waals surface area contributed by atoms with Crippen molar-refractivity contribution in [3.05, 3.63) is 55.6 Å². The second kappa shape index (κ2) is 8.97. The summed E-state index contributed by atoms with van der Waals surface area (Å²) in [5.41, 5.74) is -5.02. The van der Waals surface area contributed by atoms with Gasteiger partial charge in [-0.15, -0.1) is 0 Å². The molecule has 32 heavy (non-hydrogen) atoms. The third-order valence-corrected chi connectivity index (χ3v) is 5.76. The number of aromatic nitrogens is 2. The summed E-state index contributed by atoms with van der Waals surface area (Å²) in [6.07, 6.45) is -1.15. The first-order chi connectivity index (χ1) is 14.9. The maximum absolute atomic E-state index is 14.6. The van der Waals surface area contributed by atoms with Crippen LogP contribution in [0.4, 0.5) is 22.4 Å². The molecule has 3 rings (SSSR count). The molecule has 7 nitrogen and oxygen atoms in total. The number of hydrogen-bond donors (Lipinski definition) is 0. The lowest BCUT2D eigenvalue weighted by atomic mass is 9.95. The molecule has 0 bridgehead atoms. The number of hydrogen-bond acceptors (Lipinski definition) is 4. The summed E-state index contributed by atoms with van der Waals surface area (Å²) in [5, 5.41) is -0.312. The summed E-state index contributed by atoms with van der Waals surface area (Å²) in [6.45, 7) is 0. The molecular weight excluding hydrogens is 458 g/mol. The molecule has 2 aromatic rings. The zero-order valence-corrected chi connectivity index (χ0v) is 18.0. The van der Waals surface area contributed by atoms with E-state index in [4.69, 9.17) is 16.3 Å². The standard InChI is InChI=1S/C20H20ClF4N3O4/c1-26(11-6-4-3-5-7-11)19(31)32-15-9-14(13(22)8-12(15)21)28-17(29)10-16(20(23,24)25)27(2)18(28)30/h8-11H,3-7H2,1-2H3. The molecular formula is C20H20ClF4N3O4. The lowest BCUT2D eigenvalue weighted by Crippen LogP contribution is -2.41. The van der Waals surface area contributed by atoms with Gasteiger partial charge in [-0.25, -0.2) is 18.5 Å². The average Bonchev–Trinajstić information content (AvgIpc) is 2.73. The molecule has 12 heteroatoms. The van der Waals surface area contributed by atoms with Crippen molar-refractivity contribution in [2.45, 2.75) is 44.3 Å². The number of carbonyl (C=O) groups is 1. The lowest BCUT2D eigenvalue weighted by Gasteiger charge is -2.30. The van der Waals surface area contributed by atoms with Gasteiger partial charge in [0.15, 0.2) is 5.75 Å². The van der Waals surface area contributed by atoms with Crippen molar-refractivity contribution in [1.29, 1.82) is 0 Å². The van der Waals surface area contributed by atoms with E-state index >= 15 is 0 Å². The Morgan fingerprint density at radius 1 is 1.16 bits per heavy atom. The van der Waals surface area contributed by atoms with Crippen molar-refractivity contribution in [3.8, 4) is 11.4 Å². The van der Waals surface area contributed by atoms with Crippen molar-refractivity contribution in [2.24, 2.45) is 7.05 Å². The molecule has 1 fully saturated rings. The highest BCUT2D eigenvalue weighted by Gasteiger charge is 2.35. The van der Waals surface area contributed by atoms with E-state index in [9.17, 15) is 31.9 Å². The Balaban J connectivity index is 2.01. The van der Waals surface area contributed by atoms with E-state index < -0.39 is 40.7 Å². The molecule has 0 saturated heterocycles. The minimum Gasteiger partial charge on any atom is -0.409 e. The molecule has 1 aliphatic rings. The number of halogens is 5. The van der Waals surface area contributed by atoms with Crippen molar-refractivity contribution >= 4 is 17.7 Å². The van der Waals surface area contributed by atoms with Crippen molar-refractivity contribution in [3.63, 3.8) is 0 Å². The summed E-state index contributed by atoms with van der Waals surface area (Å²) < 4.78 is 59.4. The number of amides is 1. The molecule has 1 saturated carbocycles. The van der Waals surface area contributed by atoms with E-state index in [1.165, 1.54) is 4.90 Å². The van der Waals surface area contributed by atoms with Crippen LogP contribution in [0.5, 0.6) is 5.75 Å². The Bertz CT molecular complexity index is 1150. The summed E-state index contributed by atoms with van der Waals surface area (Å²) in [6, 6.07) is 1.68. The van der Waals surface area contributed by atoms with Gasteiger partial charge < -0.3 is 9.64 Å². The smallest absolute Gasteiger partial charge is 0.409 e. The van der Waals surface area contributed by atoms with Gasteiger partial charge in [0.2, 0.25) is 0 Å². The van der Waals surface area contributed by atoms with Gasteiger partial charge in [0.05, 0.1) is 10.7 Å². The van der Waals surface area contributed by atoms with Gasteiger partial charge in [-0.05, 0) is 18.9 Å². The van der Waals surface area contributed by atoms with Gasteiger partial charge in [0.1, 0.15) is 11.5 Å².